The lowest BCUT2D eigenvalue weighted by Crippen LogP contribution is -2.41. The van der Waals surface area contributed by atoms with Gasteiger partial charge in [-0.3, -0.25) is 4.79 Å². The molecule has 2 heterocycles. The second kappa shape index (κ2) is 8.64. The highest BCUT2D eigenvalue weighted by Crippen LogP contribution is 2.28. The molecule has 0 unspecified atom stereocenters. The fourth-order valence-electron chi connectivity index (χ4n) is 3.16. The number of carbonyl (C=O) groups is 1. The number of benzene rings is 1. The number of likely N-dealkylation sites (N-methyl/N-ethyl adjacent to an activating group) is 1. The molecule has 0 fully saturated rings. The number of carbonyl (C=O) groups excluding carboxylic acids is 1. The van der Waals surface area contributed by atoms with Crippen molar-refractivity contribution in [1.82, 2.24) is 19.9 Å². The first kappa shape index (κ1) is 21.5. The number of aromatic nitrogens is 3. The number of halogens is 3. The van der Waals surface area contributed by atoms with Crippen LogP contribution in [0.2, 0.25) is 0 Å². The maximum atomic E-state index is 13.2. The summed E-state index contributed by atoms with van der Waals surface area (Å²) in [5, 5.41) is 4.61. The smallest absolute Gasteiger partial charge is 0.352 e. The van der Waals surface area contributed by atoms with Gasteiger partial charge in [0.1, 0.15) is 5.69 Å². The van der Waals surface area contributed by atoms with E-state index in [0.29, 0.717) is 12.1 Å². The highest BCUT2D eigenvalue weighted by molar-refractivity contribution is 6.05. The fourth-order valence-corrected chi connectivity index (χ4v) is 3.16. The van der Waals surface area contributed by atoms with Crippen LogP contribution in [0.25, 0.3) is 10.8 Å². The minimum Gasteiger partial charge on any atom is -0.352 e. The summed E-state index contributed by atoms with van der Waals surface area (Å²) in [7, 11) is 1.69. The number of amides is 1. The molecule has 0 radical (unpaired) electrons. The van der Waals surface area contributed by atoms with E-state index in [2.05, 4.69) is 20.3 Å². The summed E-state index contributed by atoms with van der Waals surface area (Å²) in [5.41, 5.74) is 0.205. The molecular formula is C21H22F3N5O. The van der Waals surface area contributed by atoms with Gasteiger partial charge in [0.2, 0.25) is 5.95 Å². The number of anilines is 1. The molecule has 0 bridgehead atoms. The van der Waals surface area contributed by atoms with E-state index in [4.69, 9.17) is 0 Å². The van der Waals surface area contributed by atoms with E-state index >= 15 is 0 Å². The summed E-state index contributed by atoms with van der Waals surface area (Å²) in [5.74, 6) is -0.154. The number of fused-ring (bicyclic) bond motifs is 1. The van der Waals surface area contributed by atoms with E-state index < -0.39 is 11.7 Å². The Hall–Kier alpha value is -3.23. The zero-order chi connectivity index (χ0) is 21.9. The average molecular weight is 417 g/mol. The molecule has 0 spiro atoms. The number of aryl methyl sites for hydroxylation is 1. The topological polar surface area (TPSA) is 71.0 Å². The van der Waals surface area contributed by atoms with Gasteiger partial charge in [-0.05, 0) is 24.8 Å². The molecule has 9 heteroatoms. The number of rotatable bonds is 6. The molecule has 2 aromatic heterocycles. The van der Waals surface area contributed by atoms with Crippen LogP contribution in [0.15, 0.2) is 42.7 Å². The van der Waals surface area contributed by atoms with E-state index in [9.17, 15) is 18.0 Å². The van der Waals surface area contributed by atoms with E-state index in [-0.39, 0.29) is 24.4 Å². The molecule has 30 heavy (non-hydrogen) atoms. The molecule has 0 aliphatic rings. The molecule has 3 aromatic rings. The fraction of sp³-hybridized carbons (Fsp3) is 0.333. The summed E-state index contributed by atoms with van der Waals surface area (Å²) in [6.07, 6.45) is -2.40. The van der Waals surface area contributed by atoms with Gasteiger partial charge < -0.3 is 10.2 Å². The van der Waals surface area contributed by atoms with E-state index in [1.165, 1.54) is 0 Å². The Morgan fingerprint density at radius 3 is 2.50 bits per heavy atom. The Kier molecular flexibility index (Phi) is 6.19. The Bertz CT molecular complexity index is 1040. The van der Waals surface area contributed by atoms with Crippen molar-refractivity contribution in [2.24, 2.45) is 0 Å². The quantitative estimate of drug-likeness (QED) is 0.647. The zero-order valence-corrected chi connectivity index (χ0v) is 16.9. The molecule has 1 aromatic carbocycles. The highest BCUT2D eigenvalue weighted by atomic mass is 19.4. The molecule has 1 atom stereocenters. The molecule has 0 aliphatic heterocycles. The number of nitrogens with one attached hydrogen (secondary N) is 1. The van der Waals surface area contributed by atoms with Crippen LogP contribution in [-0.2, 0) is 6.18 Å². The first-order valence-electron chi connectivity index (χ1n) is 9.47. The van der Waals surface area contributed by atoms with Crippen molar-refractivity contribution in [2.45, 2.75) is 32.5 Å². The van der Waals surface area contributed by atoms with E-state index in [1.807, 2.05) is 44.2 Å². The van der Waals surface area contributed by atoms with Gasteiger partial charge in [0.05, 0.1) is 5.56 Å². The van der Waals surface area contributed by atoms with Gasteiger partial charge in [-0.1, -0.05) is 31.2 Å². The third kappa shape index (κ3) is 4.67. The zero-order valence-electron chi connectivity index (χ0n) is 16.9. The Morgan fingerprint density at radius 1 is 1.20 bits per heavy atom. The van der Waals surface area contributed by atoms with E-state index in [0.717, 1.165) is 28.9 Å². The Labute approximate surface area is 172 Å². The summed E-state index contributed by atoms with van der Waals surface area (Å²) in [6, 6.07) is 9.25. The minimum atomic E-state index is -4.49. The second-order valence-corrected chi connectivity index (χ2v) is 6.99. The number of alkyl halides is 3. The monoisotopic (exact) mass is 417 g/mol. The van der Waals surface area contributed by atoms with Gasteiger partial charge in [0.15, 0.2) is 0 Å². The Balaban J connectivity index is 1.75. The molecule has 1 N–H and O–H groups in total. The van der Waals surface area contributed by atoms with Gasteiger partial charge in [-0.25, -0.2) is 15.0 Å². The van der Waals surface area contributed by atoms with Crippen LogP contribution < -0.4 is 5.32 Å². The van der Waals surface area contributed by atoms with Gasteiger partial charge in [0, 0.05) is 43.1 Å². The third-order valence-corrected chi connectivity index (χ3v) is 4.89. The largest absolute Gasteiger partial charge is 0.419 e. The first-order valence-corrected chi connectivity index (χ1v) is 9.47. The summed E-state index contributed by atoms with van der Waals surface area (Å²) in [6.45, 7) is 4.05. The molecule has 158 valence electrons. The molecule has 1 amide bonds. The normalized spacial score (nSPS) is 12.6. The predicted octanol–water partition coefficient (Wildman–Crippen LogP) is 4.31. The van der Waals surface area contributed by atoms with Crippen molar-refractivity contribution in [3.05, 3.63) is 59.7 Å². The predicted molar refractivity (Wildman–Crippen MR) is 108 cm³/mol. The van der Waals surface area contributed by atoms with E-state index in [1.54, 1.807) is 11.9 Å². The molecule has 0 saturated heterocycles. The van der Waals surface area contributed by atoms with Crippen molar-refractivity contribution in [3.8, 4) is 0 Å². The lowest BCUT2D eigenvalue weighted by molar-refractivity contribution is -0.138. The van der Waals surface area contributed by atoms with Crippen LogP contribution in [0.1, 0.15) is 35.1 Å². The molecule has 0 aliphatic carbocycles. The van der Waals surface area contributed by atoms with Crippen molar-refractivity contribution in [3.63, 3.8) is 0 Å². The number of nitrogens with zero attached hydrogens (tertiary/aromatic N) is 4. The lowest BCUT2D eigenvalue weighted by Gasteiger charge is -2.27. The van der Waals surface area contributed by atoms with Crippen LogP contribution in [0, 0.1) is 6.92 Å². The molecule has 3 rings (SSSR count). The van der Waals surface area contributed by atoms with Crippen LogP contribution in [-0.4, -0.2) is 45.4 Å². The van der Waals surface area contributed by atoms with Crippen LogP contribution in [0.4, 0.5) is 19.1 Å². The molecule has 0 saturated carbocycles. The maximum Gasteiger partial charge on any atom is 0.419 e. The SMILES string of the molecule is CC[C@@H](CNc1ncc(C(F)(F)F)cn1)N(C)C(=O)c1nc(C)cc2ccccc12. The average Bonchev–Trinajstić information content (AvgIpc) is 2.72. The maximum absolute atomic E-state index is 13.2. The number of pyridine rings is 1. The number of hydrogen-bond acceptors (Lipinski definition) is 5. The first-order chi connectivity index (χ1) is 14.2. The van der Waals surface area contributed by atoms with Crippen LogP contribution in [0.5, 0.6) is 0 Å². The third-order valence-electron chi connectivity index (χ3n) is 4.89. The van der Waals surface area contributed by atoms with Gasteiger partial charge in [-0.2, -0.15) is 13.2 Å². The minimum absolute atomic E-state index is 0.0708. The van der Waals surface area contributed by atoms with Gasteiger partial charge >= 0.3 is 6.18 Å². The lowest BCUT2D eigenvalue weighted by atomic mass is 10.1. The standard InChI is InChI=1S/C21H22F3N5O/c1-4-16(12-27-20-25-10-15(11-26-20)21(22,23)24)29(3)19(30)18-17-8-6-5-7-14(17)9-13(2)28-18/h5-11,16H,4,12H2,1-3H3,(H,25,26,27)/t16-/m0/s1. The number of hydrogen-bond donors (Lipinski definition) is 1. The van der Waals surface area contributed by atoms with Crippen LogP contribution in [0.3, 0.4) is 0 Å². The summed E-state index contributed by atoms with van der Waals surface area (Å²) < 4.78 is 37.9. The van der Waals surface area contributed by atoms with Crippen molar-refractivity contribution >= 4 is 22.6 Å². The highest BCUT2D eigenvalue weighted by Gasteiger charge is 2.31. The second-order valence-electron chi connectivity index (χ2n) is 6.99. The van der Waals surface area contributed by atoms with Gasteiger partial charge in [-0.15, -0.1) is 0 Å². The van der Waals surface area contributed by atoms with Crippen molar-refractivity contribution in [1.29, 1.82) is 0 Å². The summed E-state index contributed by atoms with van der Waals surface area (Å²) in [4.78, 5) is 26.6. The molecular weight excluding hydrogens is 395 g/mol. The summed E-state index contributed by atoms with van der Waals surface area (Å²) >= 11 is 0. The van der Waals surface area contributed by atoms with Crippen molar-refractivity contribution in [2.75, 3.05) is 18.9 Å². The van der Waals surface area contributed by atoms with Gasteiger partial charge in [0.25, 0.3) is 5.91 Å². The van der Waals surface area contributed by atoms with Crippen LogP contribution >= 0.6 is 0 Å². The van der Waals surface area contributed by atoms with Crippen molar-refractivity contribution < 1.29 is 18.0 Å². The Morgan fingerprint density at radius 2 is 1.87 bits per heavy atom. The molecule has 6 nitrogen and oxygen atoms in total.